The van der Waals surface area contributed by atoms with E-state index in [1.807, 2.05) is 0 Å². The van der Waals surface area contributed by atoms with Crippen molar-refractivity contribution in [1.82, 2.24) is 0 Å². The van der Waals surface area contributed by atoms with Gasteiger partial charge in [0.25, 0.3) is 0 Å². The van der Waals surface area contributed by atoms with Crippen LogP contribution >= 0.6 is 0 Å². The fraction of sp³-hybridized carbons (Fsp3) is 0.500. The fourth-order valence-electron chi connectivity index (χ4n) is 0.644. The lowest BCUT2D eigenvalue weighted by Crippen LogP contribution is -1.93. The van der Waals surface area contributed by atoms with Crippen molar-refractivity contribution in [2.45, 2.75) is 27.7 Å². The third kappa shape index (κ3) is 4.08. The smallest absolute Gasteiger partial charge is 0.107 e. The first-order chi connectivity index (χ1) is 4.20. The van der Waals surface area contributed by atoms with E-state index in [0.717, 1.165) is 7.28 Å². The first-order valence-corrected chi connectivity index (χ1v) is 3.44. The van der Waals surface area contributed by atoms with Crippen molar-refractivity contribution in [3.8, 4) is 0 Å². The Bertz CT molecular complexity index is 116. The van der Waals surface area contributed by atoms with Gasteiger partial charge in [0.1, 0.15) is 0 Å². The minimum absolute atomic E-state index is 1.13. The molecule has 0 saturated heterocycles. The lowest BCUT2D eigenvalue weighted by atomic mass is 9.64. The number of rotatable bonds is 2. The molecule has 0 bridgehead atoms. The van der Waals surface area contributed by atoms with Crippen LogP contribution in [0.1, 0.15) is 27.7 Å². The summed E-state index contributed by atoms with van der Waals surface area (Å²) in [6.07, 6.45) is 4.32. The molecule has 9 heavy (non-hydrogen) atoms. The van der Waals surface area contributed by atoms with Gasteiger partial charge in [-0.1, -0.05) is 26.0 Å². The van der Waals surface area contributed by atoms with Gasteiger partial charge in [0.15, 0.2) is 7.28 Å². The quantitative estimate of drug-likeness (QED) is 0.493. The molecule has 0 aromatic carbocycles. The molecular formula is C8H15B. The maximum Gasteiger partial charge on any atom is 0.180 e. The Balaban J connectivity index is 3.75. The maximum atomic E-state index is 2.16. The first kappa shape index (κ1) is 8.54. The Hall–Kier alpha value is -0.455. The second kappa shape index (κ2) is 4.43. The molecule has 0 nitrogen and oxygen atoms in total. The highest BCUT2D eigenvalue weighted by molar-refractivity contribution is 6.53. The van der Waals surface area contributed by atoms with Crippen LogP contribution in [0, 0.1) is 0 Å². The predicted molar refractivity (Wildman–Crippen MR) is 46.0 cm³/mol. The van der Waals surface area contributed by atoms with Gasteiger partial charge < -0.3 is 0 Å². The molecular weight excluding hydrogens is 107 g/mol. The highest BCUT2D eigenvalue weighted by Crippen LogP contribution is 1.96. The van der Waals surface area contributed by atoms with Crippen LogP contribution in [-0.4, -0.2) is 7.28 Å². The molecule has 0 unspecified atom stereocenters. The van der Waals surface area contributed by atoms with Crippen LogP contribution in [-0.2, 0) is 0 Å². The van der Waals surface area contributed by atoms with Crippen LogP contribution in [0.3, 0.4) is 0 Å². The minimum Gasteiger partial charge on any atom is -0.107 e. The summed E-state index contributed by atoms with van der Waals surface area (Å²) in [5.41, 5.74) is 2.90. The van der Waals surface area contributed by atoms with Crippen LogP contribution in [0.5, 0.6) is 0 Å². The summed E-state index contributed by atoms with van der Waals surface area (Å²) in [6, 6.07) is 0. The largest absolute Gasteiger partial charge is 0.180 e. The molecule has 0 fully saturated rings. The van der Waals surface area contributed by atoms with E-state index in [9.17, 15) is 0 Å². The summed E-state index contributed by atoms with van der Waals surface area (Å²) >= 11 is 0. The molecule has 0 spiro atoms. The van der Waals surface area contributed by atoms with Crippen molar-refractivity contribution < 1.29 is 0 Å². The zero-order chi connectivity index (χ0) is 7.28. The van der Waals surface area contributed by atoms with Gasteiger partial charge in [-0.25, -0.2) is 0 Å². The zero-order valence-corrected chi connectivity index (χ0v) is 6.86. The summed E-state index contributed by atoms with van der Waals surface area (Å²) < 4.78 is 0. The van der Waals surface area contributed by atoms with Gasteiger partial charge in [0.2, 0.25) is 0 Å². The van der Waals surface area contributed by atoms with E-state index in [4.69, 9.17) is 0 Å². The van der Waals surface area contributed by atoms with Crippen LogP contribution in [0.25, 0.3) is 0 Å². The summed E-state index contributed by atoms with van der Waals surface area (Å²) in [6.45, 7) is 8.48. The van der Waals surface area contributed by atoms with Gasteiger partial charge in [0, 0.05) is 0 Å². The molecule has 0 heterocycles. The van der Waals surface area contributed by atoms with E-state index in [-0.39, 0.29) is 0 Å². The average Bonchev–Trinajstić information content (AvgIpc) is 1.87. The van der Waals surface area contributed by atoms with E-state index in [2.05, 4.69) is 39.8 Å². The van der Waals surface area contributed by atoms with Crippen molar-refractivity contribution in [3.05, 3.63) is 23.1 Å². The fourth-order valence-corrected chi connectivity index (χ4v) is 0.644. The van der Waals surface area contributed by atoms with E-state index in [1.54, 1.807) is 0 Å². The average molecular weight is 122 g/mol. The first-order valence-electron chi connectivity index (χ1n) is 3.44. The van der Waals surface area contributed by atoms with Crippen molar-refractivity contribution in [2.75, 3.05) is 0 Å². The van der Waals surface area contributed by atoms with Crippen LogP contribution in [0.15, 0.2) is 23.1 Å². The molecule has 0 aromatic heterocycles. The molecule has 0 amide bonds. The van der Waals surface area contributed by atoms with Crippen LogP contribution < -0.4 is 0 Å². The van der Waals surface area contributed by atoms with E-state index in [1.165, 1.54) is 10.9 Å². The second-order valence-corrected chi connectivity index (χ2v) is 2.45. The summed E-state index contributed by atoms with van der Waals surface area (Å²) in [7, 11) is 1.13. The van der Waals surface area contributed by atoms with Crippen molar-refractivity contribution in [3.63, 3.8) is 0 Å². The zero-order valence-electron chi connectivity index (χ0n) is 6.86. The van der Waals surface area contributed by atoms with Gasteiger partial charge in [0.05, 0.1) is 0 Å². The maximum absolute atomic E-state index is 2.16. The van der Waals surface area contributed by atoms with Crippen LogP contribution in [0.2, 0.25) is 0 Å². The molecule has 0 aromatic rings. The summed E-state index contributed by atoms with van der Waals surface area (Å²) in [4.78, 5) is 0. The molecule has 0 aliphatic heterocycles. The number of allylic oxidation sites excluding steroid dienone is 4. The molecule has 0 aliphatic carbocycles. The van der Waals surface area contributed by atoms with E-state index in [0.29, 0.717) is 0 Å². The molecule has 0 N–H and O–H groups in total. The van der Waals surface area contributed by atoms with Gasteiger partial charge >= 0.3 is 0 Å². The number of hydrogen-bond acceptors (Lipinski definition) is 0. The topological polar surface area (TPSA) is 0 Å². The van der Waals surface area contributed by atoms with Crippen molar-refractivity contribution >= 4 is 7.28 Å². The highest BCUT2D eigenvalue weighted by Gasteiger charge is 1.91. The van der Waals surface area contributed by atoms with Crippen molar-refractivity contribution in [2.24, 2.45) is 0 Å². The monoisotopic (exact) mass is 122 g/mol. The van der Waals surface area contributed by atoms with Crippen molar-refractivity contribution in [1.29, 1.82) is 0 Å². The highest BCUT2D eigenvalue weighted by atomic mass is 13.7. The molecule has 1 heteroatoms. The molecule has 0 radical (unpaired) electrons. The van der Waals surface area contributed by atoms with Gasteiger partial charge in [-0.2, -0.15) is 0 Å². The van der Waals surface area contributed by atoms with E-state index >= 15 is 0 Å². The Labute approximate surface area is 58.9 Å². The van der Waals surface area contributed by atoms with Crippen LogP contribution in [0.4, 0.5) is 0 Å². The Morgan fingerprint density at radius 2 is 1.33 bits per heavy atom. The Morgan fingerprint density at radius 3 is 1.56 bits per heavy atom. The standard InChI is InChI=1S/C8H15B/c1-5-7(3)9-8(4)6-2/h5-6,9H,1-4H3. The second-order valence-electron chi connectivity index (χ2n) is 2.45. The molecule has 0 saturated carbocycles. The molecule has 0 atom stereocenters. The summed E-state index contributed by atoms with van der Waals surface area (Å²) in [5, 5.41) is 0. The Morgan fingerprint density at radius 1 is 1.00 bits per heavy atom. The van der Waals surface area contributed by atoms with E-state index < -0.39 is 0 Å². The van der Waals surface area contributed by atoms with Gasteiger partial charge in [-0.05, 0) is 13.8 Å². The number of hydrogen-bond donors (Lipinski definition) is 0. The Kier molecular flexibility index (Phi) is 4.20. The lowest BCUT2D eigenvalue weighted by Gasteiger charge is -1.95. The minimum atomic E-state index is 1.13. The lowest BCUT2D eigenvalue weighted by molar-refractivity contribution is 1.52. The van der Waals surface area contributed by atoms with Gasteiger partial charge in [-0.15, -0.1) is 10.9 Å². The molecule has 0 aliphatic rings. The third-order valence-electron chi connectivity index (χ3n) is 1.54. The molecule has 0 rings (SSSR count). The normalized spacial score (nSPS) is 13.8. The SMILES string of the molecule is CC=C(C)BC(C)=CC. The predicted octanol–water partition coefficient (Wildman–Crippen LogP) is 2.27. The third-order valence-corrected chi connectivity index (χ3v) is 1.54. The molecule has 50 valence electrons. The summed E-state index contributed by atoms with van der Waals surface area (Å²) in [5.74, 6) is 0. The van der Waals surface area contributed by atoms with Gasteiger partial charge in [-0.3, -0.25) is 0 Å².